The van der Waals surface area contributed by atoms with Crippen LogP contribution in [0.1, 0.15) is 10.4 Å². The second-order valence-corrected chi connectivity index (χ2v) is 6.24. The Hall–Kier alpha value is -3.67. The lowest BCUT2D eigenvalue weighted by molar-refractivity contribution is 0.102. The predicted molar refractivity (Wildman–Crippen MR) is 108 cm³/mol. The molecule has 1 aliphatic heterocycles. The monoisotopic (exact) mass is 376 g/mol. The van der Waals surface area contributed by atoms with Crippen LogP contribution >= 0.6 is 0 Å². The Morgan fingerprint density at radius 1 is 0.821 bits per heavy atom. The van der Waals surface area contributed by atoms with Crippen molar-refractivity contribution in [3.63, 3.8) is 0 Å². The summed E-state index contributed by atoms with van der Waals surface area (Å²) >= 11 is 0. The average molecular weight is 376 g/mol. The lowest BCUT2D eigenvalue weighted by atomic mass is 10.2. The van der Waals surface area contributed by atoms with Crippen molar-refractivity contribution in [2.75, 3.05) is 31.0 Å². The minimum atomic E-state index is -0.171. The Kier molecular flexibility index (Phi) is 5.01. The molecule has 3 aromatic rings. The number of methoxy groups -OCH3 is 1. The van der Waals surface area contributed by atoms with Gasteiger partial charge >= 0.3 is 0 Å². The van der Waals surface area contributed by atoms with Gasteiger partial charge in [-0.25, -0.2) is 0 Å². The highest BCUT2D eigenvalue weighted by molar-refractivity contribution is 6.04. The normalized spacial score (nSPS) is 12.2. The average Bonchev–Trinajstić information content (AvgIpc) is 2.75. The predicted octanol–water partition coefficient (Wildman–Crippen LogP) is 4.46. The summed E-state index contributed by atoms with van der Waals surface area (Å²) in [5.41, 5.74) is 3.09. The van der Waals surface area contributed by atoms with Crippen molar-refractivity contribution < 1.29 is 19.0 Å². The lowest BCUT2D eigenvalue weighted by Gasteiger charge is -2.19. The molecule has 0 unspecified atom stereocenters. The van der Waals surface area contributed by atoms with E-state index >= 15 is 0 Å². The summed E-state index contributed by atoms with van der Waals surface area (Å²) in [4.78, 5) is 12.3. The molecule has 0 spiro atoms. The van der Waals surface area contributed by atoms with Gasteiger partial charge in [-0.2, -0.15) is 0 Å². The standard InChI is InChI=1S/C22H20N2O4/c1-26-19-9-2-15(3-10-19)22(25)24-17-6-4-16(5-7-17)23-18-8-11-20-21(14-18)28-13-12-27-20/h2-11,14,23H,12-13H2,1H3,(H,24,25). The van der Waals surface area contributed by atoms with Crippen molar-refractivity contribution in [3.05, 3.63) is 72.3 Å². The maximum Gasteiger partial charge on any atom is 0.255 e. The summed E-state index contributed by atoms with van der Waals surface area (Å²) in [7, 11) is 1.59. The van der Waals surface area contributed by atoms with Gasteiger partial charge in [-0.05, 0) is 60.7 Å². The van der Waals surface area contributed by atoms with E-state index in [2.05, 4.69) is 10.6 Å². The molecule has 0 saturated heterocycles. The van der Waals surface area contributed by atoms with Crippen molar-refractivity contribution >= 4 is 23.0 Å². The highest BCUT2D eigenvalue weighted by Crippen LogP contribution is 2.33. The van der Waals surface area contributed by atoms with E-state index in [4.69, 9.17) is 14.2 Å². The SMILES string of the molecule is COc1ccc(C(=O)Nc2ccc(Nc3ccc4c(c3)OCCO4)cc2)cc1. The molecule has 3 aromatic carbocycles. The van der Waals surface area contributed by atoms with E-state index in [-0.39, 0.29) is 5.91 Å². The Morgan fingerprint density at radius 2 is 1.46 bits per heavy atom. The van der Waals surface area contributed by atoms with Crippen LogP contribution in [0.25, 0.3) is 0 Å². The largest absolute Gasteiger partial charge is 0.497 e. The number of benzene rings is 3. The van der Waals surface area contributed by atoms with Gasteiger partial charge in [0.15, 0.2) is 11.5 Å². The van der Waals surface area contributed by atoms with Gasteiger partial charge in [0, 0.05) is 28.7 Å². The van der Waals surface area contributed by atoms with Crippen molar-refractivity contribution in [1.29, 1.82) is 0 Å². The van der Waals surface area contributed by atoms with E-state index in [1.807, 2.05) is 42.5 Å². The molecule has 0 radical (unpaired) electrons. The zero-order valence-corrected chi connectivity index (χ0v) is 15.4. The minimum Gasteiger partial charge on any atom is -0.497 e. The van der Waals surface area contributed by atoms with Gasteiger partial charge in [0.2, 0.25) is 0 Å². The van der Waals surface area contributed by atoms with Crippen molar-refractivity contribution in [1.82, 2.24) is 0 Å². The van der Waals surface area contributed by atoms with Crippen LogP contribution in [0, 0.1) is 0 Å². The fourth-order valence-corrected chi connectivity index (χ4v) is 2.87. The van der Waals surface area contributed by atoms with Crippen molar-refractivity contribution in [2.24, 2.45) is 0 Å². The molecular formula is C22H20N2O4. The number of hydrogen-bond donors (Lipinski definition) is 2. The topological polar surface area (TPSA) is 68.8 Å². The molecule has 4 rings (SSSR count). The maximum absolute atomic E-state index is 12.3. The number of fused-ring (bicyclic) bond motifs is 1. The van der Waals surface area contributed by atoms with Crippen LogP contribution in [-0.4, -0.2) is 26.2 Å². The fraction of sp³-hybridized carbons (Fsp3) is 0.136. The van der Waals surface area contributed by atoms with E-state index in [1.165, 1.54) is 0 Å². The molecule has 0 saturated carbocycles. The van der Waals surface area contributed by atoms with Crippen molar-refractivity contribution in [2.45, 2.75) is 0 Å². The van der Waals surface area contributed by atoms with Crippen LogP contribution in [0.5, 0.6) is 17.2 Å². The van der Waals surface area contributed by atoms with Gasteiger partial charge in [-0.3, -0.25) is 4.79 Å². The van der Waals surface area contributed by atoms with Crippen LogP contribution in [-0.2, 0) is 0 Å². The molecule has 0 atom stereocenters. The van der Waals surface area contributed by atoms with Gasteiger partial charge < -0.3 is 24.8 Å². The van der Waals surface area contributed by atoms with Crippen molar-refractivity contribution in [3.8, 4) is 17.2 Å². The van der Waals surface area contributed by atoms with Crippen LogP contribution in [0.15, 0.2) is 66.7 Å². The van der Waals surface area contributed by atoms with E-state index < -0.39 is 0 Å². The van der Waals surface area contributed by atoms with E-state index in [0.717, 1.165) is 22.9 Å². The first-order chi connectivity index (χ1) is 13.7. The molecule has 0 bridgehead atoms. The molecule has 2 N–H and O–H groups in total. The van der Waals surface area contributed by atoms with Gasteiger partial charge in [0.1, 0.15) is 19.0 Å². The number of rotatable bonds is 5. The molecule has 6 heteroatoms. The Labute approximate surface area is 163 Å². The summed E-state index contributed by atoms with van der Waals surface area (Å²) in [6.45, 7) is 1.13. The fourth-order valence-electron chi connectivity index (χ4n) is 2.87. The number of ether oxygens (including phenoxy) is 3. The first-order valence-electron chi connectivity index (χ1n) is 8.93. The number of carbonyl (C=O) groups excluding carboxylic acids is 1. The number of carbonyl (C=O) groups is 1. The zero-order valence-electron chi connectivity index (χ0n) is 15.4. The molecule has 0 aliphatic carbocycles. The first-order valence-corrected chi connectivity index (χ1v) is 8.93. The van der Waals surface area contributed by atoms with E-state index in [9.17, 15) is 4.79 Å². The molecular weight excluding hydrogens is 356 g/mol. The molecule has 0 fully saturated rings. The van der Waals surface area contributed by atoms with E-state index in [1.54, 1.807) is 31.4 Å². The lowest BCUT2D eigenvalue weighted by Crippen LogP contribution is -2.15. The van der Waals surface area contributed by atoms with Gasteiger partial charge in [0.25, 0.3) is 5.91 Å². The van der Waals surface area contributed by atoms with Gasteiger partial charge in [-0.15, -0.1) is 0 Å². The summed E-state index contributed by atoms with van der Waals surface area (Å²) in [5, 5.41) is 6.20. The number of hydrogen-bond acceptors (Lipinski definition) is 5. The minimum absolute atomic E-state index is 0.171. The first kappa shape index (κ1) is 17.7. The third-order valence-electron chi connectivity index (χ3n) is 4.33. The molecule has 28 heavy (non-hydrogen) atoms. The van der Waals surface area contributed by atoms with Crippen LogP contribution in [0.3, 0.4) is 0 Å². The summed E-state index contributed by atoms with van der Waals surface area (Å²) in [6, 6.07) is 20.2. The second-order valence-electron chi connectivity index (χ2n) is 6.24. The highest BCUT2D eigenvalue weighted by atomic mass is 16.6. The molecule has 1 amide bonds. The van der Waals surface area contributed by atoms with E-state index in [0.29, 0.717) is 30.2 Å². The Morgan fingerprint density at radius 3 is 2.18 bits per heavy atom. The van der Waals surface area contributed by atoms with Crippen LogP contribution < -0.4 is 24.8 Å². The smallest absolute Gasteiger partial charge is 0.255 e. The third-order valence-corrected chi connectivity index (χ3v) is 4.33. The van der Waals surface area contributed by atoms with Crippen LogP contribution in [0.4, 0.5) is 17.1 Å². The maximum atomic E-state index is 12.3. The molecule has 6 nitrogen and oxygen atoms in total. The molecule has 0 aromatic heterocycles. The van der Waals surface area contributed by atoms with Crippen LogP contribution in [0.2, 0.25) is 0 Å². The molecule has 1 heterocycles. The number of nitrogens with one attached hydrogen (secondary N) is 2. The third kappa shape index (κ3) is 4.01. The van der Waals surface area contributed by atoms with Gasteiger partial charge in [0.05, 0.1) is 7.11 Å². The summed E-state index contributed by atoms with van der Waals surface area (Å²) < 4.78 is 16.2. The molecule has 142 valence electrons. The highest BCUT2D eigenvalue weighted by Gasteiger charge is 2.12. The van der Waals surface area contributed by atoms with Gasteiger partial charge in [-0.1, -0.05) is 0 Å². The molecule has 1 aliphatic rings. The summed E-state index contributed by atoms with van der Waals surface area (Å²) in [5.74, 6) is 2.04. The Balaban J connectivity index is 1.40. The summed E-state index contributed by atoms with van der Waals surface area (Å²) in [6.07, 6.45) is 0. The zero-order chi connectivity index (χ0) is 19.3. The number of anilines is 3. The Bertz CT molecular complexity index is 969. The quantitative estimate of drug-likeness (QED) is 0.688. The number of amides is 1. The second kappa shape index (κ2) is 7.92.